The second-order valence-corrected chi connectivity index (χ2v) is 3.78. The quantitative estimate of drug-likeness (QED) is 0.663. The van der Waals surface area contributed by atoms with Gasteiger partial charge in [-0.3, -0.25) is 0 Å². The molecule has 1 saturated carbocycles. The third-order valence-corrected chi connectivity index (χ3v) is 2.98. The van der Waals surface area contributed by atoms with E-state index in [1.54, 1.807) is 0 Å². The van der Waals surface area contributed by atoms with Crippen molar-refractivity contribution in [2.45, 2.75) is 45.4 Å². The molecule has 0 aromatic heterocycles. The van der Waals surface area contributed by atoms with Crippen molar-refractivity contribution in [2.24, 2.45) is 11.8 Å². The summed E-state index contributed by atoms with van der Waals surface area (Å²) >= 11 is 0. The van der Waals surface area contributed by atoms with Crippen molar-refractivity contribution in [2.75, 3.05) is 6.61 Å². The van der Waals surface area contributed by atoms with Crippen molar-refractivity contribution in [3.63, 3.8) is 0 Å². The number of aliphatic hydroxyl groups excluding tert-OH is 1. The second kappa shape index (κ2) is 4.76. The van der Waals surface area contributed by atoms with E-state index in [2.05, 4.69) is 6.92 Å². The summed E-state index contributed by atoms with van der Waals surface area (Å²) in [5.41, 5.74) is 0. The Morgan fingerprint density at radius 1 is 1.27 bits per heavy atom. The Bertz CT molecular complexity index is 101. The monoisotopic (exact) mass is 156 g/mol. The normalized spacial score (nSPS) is 31.1. The van der Waals surface area contributed by atoms with E-state index in [4.69, 9.17) is 5.11 Å². The fourth-order valence-electron chi connectivity index (χ4n) is 2.20. The Morgan fingerprint density at radius 2 is 2.00 bits per heavy atom. The molecule has 11 heavy (non-hydrogen) atoms. The molecule has 0 aromatic rings. The SMILES string of the molecule is CCCC[C@@H]1CCC[C@H]1CO. The first kappa shape index (κ1) is 9.05. The van der Waals surface area contributed by atoms with Crippen molar-refractivity contribution in [1.29, 1.82) is 0 Å². The minimum absolute atomic E-state index is 0.425. The van der Waals surface area contributed by atoms with Crippen LogP contribution >= 0.6 is 0 Å². The van der Waals surface area contributed by atoms with Crippen molar-refractivity contribution < 1.29 is 5.11 Å². The molecule has 1 N–H and O–H groups in total. The standard InChI is InChI=1S/C10H20O/c1-2-3-5-9-6-4-7-10(9)8-11/h9-11H,2-8H2,1H3/t9-,10+/m1/s1. The molecule has 1 heteroatoms. The van der Waals surface area contributed by atoms with E-state index in [0.717, 1.165) is 5.92 Å². The van der Waals surface area contributed by atoms with E-state index >= 15 is 0 Å². The molecule has 1 fully saturated rings. The number of hydrogen-bond donors (Lipinski definition) is 1. The smallest absolute Gasteiger partial charge is 0.0461 e. The van der Waals surface area contributed by atoms with Crippen molar-refractivity contribution in [3.8, 4) is 0 Å². The van der Waals surface area contributed by atoms with Gasteiger partial charge in [0, 0.05) is 6.61 Å². The maximum atomic E-state index is 9.04. The average Bonchev–Trinajstić information content (AvgIpc) is 2.47. The lowest BCUT2D eigenvalue weighted by Crippen LogP contribution is -2.11. The van der Waals surface area contributed by atoms with Gasteiger partial charge in [0.2, 0.25) is 0 Å². The number of unbranched alkanes of at least 4 members (excludes halogenated alkanes) is 1. The molecule has 66 valence electrons. The predicted molar refractivity (Wildman–Crippen MR) is 47.4 cm³/mol. The van der Waals surface area contributed by atoms with Crippen LogP contribution in [0.25, 0.3) is 0 Å². The van der Waals surface area contributed by atoms with Crippen LogP contribution in [-0.4, -0.2) is 11.7 Å². The van der Waals surface area contributed by atoms with Gasteiger partial charge in [-0.05, 0) is 18.3 Å². The Labute approximate surface area is 69.8 Å². The molecular formula is C10H20O. The molecule has 1 nitrogen and oxygen atoms in total. The number of hydrogen-bond acceptors (Lipinski definition) is 1. The second-order valence-electron chi connectivity index (χ2n) is 3.78. The molecule has 1 rings (SSSR count). The van der Waals surface area contributed by atoms with Crippen LogP contribution < -0.4 is 0 Å². The van der Waals surface area contributed by atoms with Gasteiger partial charge in [0.1, 0.15) is 0 Å². The van der Waals surface area contributed by atoms with Crippen LogP contribution in [0.2, 0.25) is 0 Å². The largest absolute Gasteiger partial charge is 0.396 e. The molecule has 1 aliphatic carbocycles. The highest BCUT2D eigenvalue weighted by atomic mass is 16.3. The fraction of sp³-hybridized carbons (Fsp3) is 1.00. The van der Waals surface area contributed by atoms with Gasteiger partial charge >= 0.3 is 0 Å². The molecule has 0 heterocycles. The third-order valence-electron chi connectivity index (χ3n) is 2.98. The molecule has 0 aromatic carbocycles. The molecule has 0 bridgehead atoms. The molecule has 0 amide bonds. The third kappa shape index (κ3) is 2.48. The van der Waals surface area contributed by atoms with Gasteiger partial charge in [-0.2, -0.15) is 0 Å². The van der Waals surface area contributed by atoms with Gasteiger partial charge in [0.15, 0.2) is 0 Å². The van der Waals surface area contributed by atoms with Crippen LogP contribution in [0.5, 0.6) is 0 Å². The zero-order chi connectivity index (χ0) is 8.10. The van der Waals surface area contributed by atoms with Gasteiger partial charge in [-0.25, -0.2) is 0 Å². The first-order valence-corrected chi connectivity index (χ1v) is 4.99. The van der Waals surface area contributed by atoms with E-state index < -0.39 is 0 Å². The Hall–Kier alpha value is -0.0400. The molecular weight excluding hydrogens is 136 g/mol. The number of rotatable bonds is 4. The maximum Gasteiger partial charge on any atom is 0.0461 e. The summed E-state index contributed by atoms with van der Waals surface area (Å²) in [6.45, 7) is 2.66. The lowest BCUT2D eigenvalue weighted by Gasteiger charge is -2.16. The Balaban J connectivity index is 2.20. The van der Waals surface area contributed by atoms with Crippen LogP contribution in [0.4, 0.5) is 0 Å². The molecule has 0 spiro atoms. The highest BCUT2D eigenvalue weighted by molar-refractivity contribution is 4.76. The van der Waals surface area contributed by atoms with E-state index in [1.807, 2.05) is 0 Å². The van der Waals surface area contributed by atoms with E-state index in [9.17, 15) is 0 Å². The van der Waals surface area contributed by atoms with Crippen LogP contribution in [0.15, 0.2) is 0 Å². The summed E-state index contributed by atoms with van der Waals surface area (Å²) in [6, 6.07) is 0. The molecule has 0 aliphatic heterocycles. The van der Waals surface area contributed by atoms with Crippen LogP contribution in [0.3, 0.4) is 0 Å². The molecule has 2 atom stereocenters. The number of aliphatic hydroxyl groups is 1. The van der Waals surface area contributed by atoms with Gasteiger partial charge in [-0.1, -0.05) is 39.0 Å². The minimum Gasteiger partial charge on any atom is -0.396 e. The van der Waals surface area contributed by atoms with Crippen LogP contribution in [0.1, 0.15) is 45.4 Å². The van der Waals surface area contributed by atoms with Gasteiger partial charge in [0.25, 0.3) is 0 Å². The lowest BCUT2D eigenvalue weighted by atomic mass is 9.92. The van der Waals surface area contributed by atoms with Gasteiger partial charge in [0.05, 0.1) is 0 Å². The van der Waals surface area contributed by atoms with Crippen LogP contribution in [-0.2, 0) is 0 Å². The Morgan fingerprint density at radius 3 is 2.64 bits per heavy atom. The Kier molecular flexibility index (Phi) is 3.92. The fourth-order valence-corrected chi connectivity index (χ4v) is 2.20. The van der Waals surface area contributed by atoms with Crippen molar-refractivity contribution in [3.05, 3.63) is 0 Å². The summed E-state index contributed by atoms with van der Waals surface area (Å²) in [6.07, 6.45) is 7.98. The van der Waals surface area contributed by atoms with Crippen molar-refractivity contribution >= 4 is 0 Å². The zero-order valence-corrected chi connectivity index (χ0v) is 7.55. The molecule has 0 radical (unpaired) electrons. The molecule has 1 aliphatic rings. The predicted octanol–water partition coefficient (Wildman–Crippen LogP) is 2.59. The van der Waals surface area contributed by atoms with Crippen LogP contribution in [0, 0.1) is 11.8 Å². The summed E-state index contributed by atoms with van der Waals surface area (Å²) in [7, 11) is 0. The minimum atomic E-state index is 0.425. The summed E-state index contributed by atoms with van der Waals surface area (Å²) in [4.78, 5) is 0. The van der Waals surface area contributed by atoms with Gasteiger partial charge in [-0.15, -0.1) is 0 Å². The highest BCUT2D eigenvalue weighted by Gasteiger charge is 2.25. The topological polar surface area (TPSA) is 20.2 Å². The molecule has 0 saturated heterocycles. The zero-order valence-electron chi connectivity index (χ0n) is 7.55. The summed E-state index contributed by atoms with van der Waals surface area (Å²) in [5.74, 6) is 1.49. The summed E-state index contributed by atoms with van der Waals surface area (Å²) in [5, 5.41) is 9.04. The van der Waals surface area contributed by atoms with Gasteiger partial charge < -0.3 is 5.11 Å². The first-order chi connectivity index (χ1) is 5.38. The average molecular weight is 156 g/mol. The van der Waals surface area contributed by atoms with Crippen molar-refractivity contribution in [1.82, 2.24) is 0 Å². The van der Waals surface area contributed by atoms with E-state index in [1.165, 1.54) is 38.5 Å². The van der Waals surface area contributed by atoms with E-state index in [-0.39, 0.29) is 0 Å². The molecule has 0 unspecified atom stereocenters. The van der Waals surface area contributed by atoms with E-state index in [0.29, 0.717) is 12.5 Å². The maximum absolute atomic E-state index is 9.04. The highest BCUT2D eigenvalue weighted by Crippen LogP contribution is 2.34. The summed E-state index contributed by atoms with van der Waals surface area (Å²) < 4.78 is 0. The first-order valence-electron chi connectivity index (χ1n) is 4.99. The lowest BCUT2D eigenvalue weighted by molar-refractivity contribution is 0.188.